The first-order valence-corrected chi connectivity index (χ1v) is 10.8. The Morgan fingerprint density at radius 2 is 2.10 bits per heavy atom. The molecule has 30 heavy (non-hydrogen) atoms. The molecule has 0 unspecified atom stereocenters. The highest BCUT2D eigenvalue weighted by atomic mass is 32.2. The second-order valence-electron chi connectivity index (χ2n) is 7.28. The molecule has 3 aromatic heterocycles. The second kappa shape index (κ2) is 8.44. The standard InChI is InChI=1S/C19H22N6O4S/c26-15-12(8-30-13-3-1-2-5-20-13)29-19(16(15)27)25-10-23-14-17(21-9-22-18(14)25)24-11-4-6-28-7-11/h1-3,5,9-12,15-16,19,26-27H,4,6-8H2,(H,21,22,24)/t11-,12+,15+,16+,19+/m0/s1. The molecular formula is C19H22N6O4S. The van der Waals surface area contributed by atoms with E-state index >= 15 is 0 Å². The average molecular weight is 430 g/mol. The maximum Gasteiger partial charge on any atom is 0.167 e. The Kier molecular flexibility index (Phi) is 5.52. The van der Waals surface area contributed by atoms with Gasteiger partial charge in [0.1, 0.15) is 18.5 Å². The number of ether oxygens (including phenoxy) is 2. The fourth-order valence-corrected chi connectivity index (χ4v) is 4.60. The van der Waals surface area contributed by atoms with Gasteiger partial charge in [-0.15, -0.1) is 11.8 Å². The van der Waals surface area contributed by atoms with E-state index in [4.69, 9.17) is 9.47 Å². The molecule has 10 nitrogen and oxygen atoms in total. The molecule has 2 fully saturated rings. The molecule has 3 aromatic rings. The SMILES string of the molecule is O[C@@H]1[C@H](O)[C@@H](CSc2ccccn2)O[C@H]1n1cnc2c(N[C@H]3CCOC3)ncnc21. The van der Waals surface area contributed by atoms with E-state index < -0.39 is 24.5 Å². The lowest BCUT2D eigenvalue weighted by Gasteiger charge is -2.17. The summed E-state index contributed by atoms with van der Waals surface area (Å²) in [6, 6.07) is 5.82. The number of pyridine rings is 1. The maximum atomic E-state index is 10.6. The highest BCUT2D eigenvalue weighted by Gasteiger charge is 2.44. The van der Waals surface area contributed by atoms with Crippen molar-refractivity contribution in [2.45, 2.75) is 42.0 Å². The summed E-state index contributed by atoms with van der Waals surface area (Å²) in [7, 11) is 0. The molecule has 3 N–H and O–H groups in total. The zero-order valence-electron chi connectivity index (χ0n) is 16.0. The molecule has 2 saturated heterocycles. The van der Waals surface area contributed by atoms with Crippen molar-refractivity contribution in [3.8, 4) is 0 Å². The summed E-state index contributed by atoms with van der Waals surface area (Å²) in [6.45, 7) is 1.34. The quantitative estimate of drug-likeness (QED) is 0.484. The molecular weight excluding hydrogens is 408 g/mol. The molecule has 5 heterocycles. The first kappa shape index (κ1) is 19.6. The Bertz CT molecular complexity index is 999. The molecule has 0 bridgehead atoms. The van der Waals surface area contributed by atoms with Crippen LogP contribution >= 0.6 is 11.8 Å². The van der Waals surface area contributed by atoms with Crippen molar-refractivity contribution in [3.63, 3.8) is 0 Å². The first-order chi connectivity index (χ1) is 14.7. The van der Waals surface area contributed by atoms with Crippen LogP contribution in [0.15, 0.2) is 42.1 Å². The summed E-state index contributed by atoms with van der Waals surface area (Å²) in [5, 5.41) is 25.3. The van der Waals surface area contributed by atoms with Gasteiger partial charge in [0.2, 0.25) is 0 Å². The molecule has 0 radical (unpaired) electrons. The lowest BCUT2D eigenvalue weighted by atomic mass is 10.1. The molecule has 11 heteroatoms. The molecule has 0 spiro atoms. The number of imidazole rings is 1. The minimum absolute atomic E-state index is 0.177. The minimum atomic E-state index is -1.11. The number of aliphatic hydroxyl groups excluding tert-OH is 2. The van der Waals surface area contributed by atoms with E-state index in [9.17, 15) is 10.2 Å². The van der Waals surface area contributed by atoms with Crippen molar-refractivity contribution in [2.24, 2.45) is 0 Å². The van der Waals surface area contributed by atoms with Crippen LogP contribution in [0.5, 0.6) is 0 Å². The number of hydrogen-bond acceptors (Lipinski definition) is 10. The van der Waals surface area contributed by atoms with Crippen molar-refractivity contribution in [1.82, 2.24) is 24.5 Å². The first-order valence-electron chi connectivity index (χ1n) is 9.78. The van der Waals surface area contributed by atoms with Gasteiger partial charge in [0, 0.05) is 18.6 Å². The van der Waals surface area contributed by atoms with Gasteiger partial charge in [-0.05, 0) is 18.6 Å². The topological polar surface area (TPSA) is 127 Å². The van der Waals surface area contributed by atoms with Gasteiger partial charge in [0.25, 0.3) is 0 Å². The lowest BCUT2D eigenvalue weighted by Crippen LogP contribution is -2.32. The lowest BCUT2D eigenvalue weighted by molar-refractivity contribution is -0.0289. The summed E-state index contributed by atoms with van der Waals surface area (Å²) >= 11 is 1.47. The van der Waals surface area contributed by atoms with E-state index in [0.717, 1.165) is 18.1 Å². The van der Waals surface area contributed by atoms with Crippen LogP contribution in [-0.2, 0) is 9.47 Å². The van der Waals surface area contributed by atoms with E-state index in [-0.39, 0.29) is 6.04 Å². The molecule has 0 aliphatic carbocycles. The van der Waals surface area contributed by atoms with Crippen LogP contribution in [-0.4, -0.2) is 78.0 Å². The van der Waals surface area contributed by atoms with Gasteiger partial charge in [-0.2, -0.15) is 0 Å². The second-order valence-corrected chi connectivity index (χ2v) is 8.32. The number of hydrogen-bond donors (Lipinski definition) is 3. The molecule has 5 rings (SSSR count). The van der Waals surface area contributed by atoms with Gasteiger partial charge in [-0.3, -0.25) is 4.57 Å². The van der Waals surface area contributed by atoms with Crippen LogP contribution in [0.1, 0.15) is 12.6 Å². The van der Waals surface area contributed by atoms with Crippen LogP contribution in [0.3, 0.4) is 0 Å². The van der Waals surface area contributed by atoms with Crippen LogP contribution in [0, 0.1) is 0 Å². The summed E-state index contributed by atoms with van der Waals surface area (Å²) in [5.41, 5.74) is 1.11. The summed E-state index contributed by atoms with van der Waals surface area (Å²) in [5.74, 6) is 1.08. The van der Waals surface area contributed by atoms with E-state index in [1.165, 1.54) is 18.1 Å². The number of nitrogens with one attached hydrogen (secondary N) is 1. The van der Waals surface area contributed by atoms with E-state index in [1.807, 2.05) is 18.2 Å². The monoisotopic (exact) mass is 430 g/mol. The highest BCUT2D eigenvalue weighted by molar-refractivity contribution is 7.99. The van der Waals surface area contributed by atoms with Gasteiger partial charge in [-0.25, -0.2) is 19.9 Å². The summed E-state index contributed by atoms with van der Waals surface area (Å²) in [4.78, 5) is 17.3. The van der Waals surface area contributed by atoms with Crippen LogP contribution in [0.25, 0.3) is 11.2 Å². The van der Waals surface area contributed by atoms with Crippen LogP contribution in [0.2, 0.25) is 0 Å². The smallest absolute Gasteiger partial charge is 0.167 e. The highest BCUT2D eigenvalue weighted by Crippen LogP contribution is 2.34. The van der Waals surface area contributed by atoms with Crippen molar-refractivity contribution >= 4 is 28.7 Å². The minimum Gasteiger partial charge on any atom is -0.387 e. The Morgan fingerprint density at radius 3 is 2.90 bits per heavy atom. The zero-order chi connectivity index (χ0) is 20.5. The maximum absolute atomic E-state index is 10.6. The number of nitrogens with zero attached hydrogens (tertiary/aromatic N) is 5. The average Bonchev–Trinajstić information content (AvgIpc) is 3.49. The predicted molar refractivity (Wildman–Crippen MR) is 109 cm³/mol. The van der Waals surface area contributed by atoms with Gasteiger partial charge in [0.15, 0.2) is 23.2 Å². The van der Waals surface area contributed by atoms with Crippen LogP contribution < -0.4 is 5.32 Å². The van der Waals surface area contributed by atoms with Gasteiger partial charge in [-0.1, -0.05) is 6.07 Å². The van der Waals surface area contributed by atoms with Gasteiger partial charge >= 0.3 is 0 Å². The molecule has 0 saturated carbocycles. The number of anilines is 1. The molecule has 0 aromatic carbocycles. The number of thioether (sulfide) groups is 1. The third-order valence-electron chi connectivity index (χ3n) is 5.27. The van der Waals surface area contributed by atoms with E-state index in [1.54, 1.807) is 17.1 Å². The fraction of sp³-hybridized carbons (Fsp3) is 0.474. The van der Waals surface area contributed by atoms with Crippen molar-refractivity contribution in [1.29, 1.82) is 0 Å². The fourth-order valence-electron chi connectivity index (χ4n) is 3.68. The molecule has 158 valence electrons. The van der Waals surface area contributed by atoms with E-state index in [2.05, 4.69) is 25.3 Å². The molecule has 2 aliphatic rings. The Hall–Kier alpha value is -2.31. The summed E-state index contributed by atoms with van der Waals surface area (Å²) in [6.07, 6.45) is 2.15. The number of fused-ring (bicyclic) bond motifs is 1. The van der Waals surface area contributed by atoms with Gasteiger partial charge in [0.05, 0.1) is 30.1 Å². The van der Waals surface area contributed by atoms with Gasteiger partial charge < -0.3 is 25.0 Å². The van der Waals surface area contributed by atoms with Crippen molar-refractivity contribution in [2.75, 3.05) is 24.3 Å². The Labute approximate surface area is 176 Å². The number of aliphatic hydroxyl groups is 2. The molecule has 0 amide bonds. The molecule has 2 aliphatic heterocycles. The van der Waals surface area contributed by atoms with Crippen molar-refractivity contribution in [3.05, 3.63) is 37.1 Å². The summed E-state index contributed by atoms with van der Waals surface area (Å²) < 4.78 is 13.1. The molecule has 5 atom stereocenters. The van der Waals surface area contributed by atoms with Crippen molar-refractivity contribution < 1.29 is 19.7 Å². The number of aromatic nitrogens is 5. The predicted octanol–water partition coefficient (Wildman–Crippen LogP) is 0.834. The Balaban J connectivity index is 1.34. The zero-order valence-corrected chi connectivity index (χ0v) is 16.9. The van der Waals surface area contributed by atoms with Crippen LogP contribution in [0.4, 0.5) is 5.82 Å². The third-order valence-corrected chi connectivity index (χ3v) is 6.31. The number of rotatable bonds is 6. The Morgan fingerprint density at radius 1 is 1.17 bits per heavy atom. The third kappa shape index (κ3) is 3.74. The normalized spacial score (nSPS) is 28.9. The van der Waals surface area contributed by atoms with E-state index in [0.29, 0.717) is 29.3 Å². The largest absolute Gasteiger partial charge is 0.387 e.